The number of aryl methyl sites for hydroxylation is 1. The van der Waals surface area contributed by atoms with Crippen LogP contribution >= 0.6 is 0 Å². The van der Waals surface area contributed by atoms with E-state index in [0.29, 0.717) is 6.61 Å². The summed E-state index contributed by atoms with van der Waals surface area (Å²) in [5.41, 5.74) is 2.61. The standard InChI is InChI=1S/C14H16FN3O/c1-10-4-11(15)6-12(5-10)18-9-17-7-13(18)14-8-16-2-3-19-14/h4-7,9,14,16H,2-3,8H2,1H3. The SMILES string of the molecule is Cc1cc(F)cc(-n2cncc2C2CNCCO2)c1. The molecule has 1 atom stereocenters. The van der Waals surface area contributed by atoms with E-state index in [-0.39, 0.29) is 11.9 Å². The van der Waals surface area contributed by atoms with E-state index in [1.807, 2.05) is 17.6 Å². The van der Waals surface area contributed by atoms with Crippen molar-refractivity contribution in [2.75, 3.05) is 19.7 Å². The van der Waals surface area contributed by atoms with Gasteiger partial charge in [-0.05, 0) is 30.7 Å². The highest BCUT2D eigenvalue weighted by atomic mass is 19.1. The van der Waals surface area contributed by atoms with Crippen LogP contribution in [0.3, 0.4) is 0 Å². The molecule has 2 heterocycles. The molecule has 1 unspecified atom stereocenters. The third kappa shape index (κ3) is 2.52. The predicted octanol–water partition coefficient (Wildman–Crippen LogP) is 1.98. The van der Waals surface area contributed by atoms with E-state index < -0.39 is 0 Å². The number of nitrogens with zero attached hydrogens (tertiary/aromatic N) is 2. The topological polar surface area (TPSA) is 39.1 Å². The van der Waals surface area contributed by atoms with Crippen LogP contribution in [0.15, 0.2) is 30.7 Å². The fraction of sp³-hybridized carbons (Fsp3) is 0.357. The lowest BCUT2D eigenvalue weighted by Crippen LogP contribution is -2.34. The molecule has 1 fully saturated rings. The van der Waals surface area contributed by atoms with Gasteiger partial charge in [0, 0.05) is 13.1 Å². The highest BCUT2D eigenvalue weighted by Gasteiger charge is 2.20. The van der Waals surface area contributed by atoms with Gasteiger partial charge in [-0.25, -0.2) is 9.37 Å². The second kappa shape index (κ2) is 5.11. The number of ether oxygens (including phenoxy) is 1. The molecule has 100 valence electrons. The average molecular weight is 261 g/mol. The van der Waals surface area contributed by atoms with Crippen molar-refractivity contribution in [1.29, 1.82) is 0 Å². The predicted molar refractivity (Wildman–Crippen MR) is 69.8 cm³/mol. The summed E-state index contributed by atoms with van der Waals surface area (Å²) in [6.45, 7) is 4.17. The molecule has 1 saturated heterocycles. The maximum Gasteiger partial charge on any atom is 0.125 e. The van der Waals surface area contributed by atoms with Gasteiger partial charge in [-0.15, -0.1) is 0 Å². The van der Waals surface area contributed by atoms with Crippen molar-refractivity contribution in [3.8, 4) is 5.69 Å². The van der Waals surface area contributed by atoms with Crippen LogP contribution in [0.5, 0.6) is 0 Å². The number of aromatic nitrogens is 2. The van der Waals surface area contributed by atoms with Crippen molar-refractivity contribution < 1.29 is 9.13 Å². The molecular formula is C14H16FN3O. The van der Waals surface area contributed by atoms with Crippen molar-refractivity contribution in [2.45, 2.75) is 13.0 Å². The Morgan fingerprint density at radius 2 is 2.32 bits per heavy atom. The molecule has 3 rings (SSSR count). The molecule has 0 spiro atoms. The maximum absolute atomic E-state index is 13.5. The lowest BCUT2D eigenvalue weighted by molar-refractivity contribution is 0.0240. The molecule has 1 aromatic heterocycles. The van der Waals surface area contributed by atoms with Crippen LogP contribution in [0.1, 0.15) is 17.4 Å². The first-order chi connectivity index (χ1) is 9.24. The van der Waals surface area contributed by atoms with Gasteiger partial charge in [-0.3, -0.25) is 0 Å². The molecule has 0 bridgehead atoms. The van der Waals surface area contributed by atoms with Gasteiger partial charge in [0.2, 0.25) is 0 Å². The molecule has 5 heteroatoms. The minimum Gasteiger partial charge on any atom is -0.369 e. The van der Waals surface area contributed by atoms with Crippen LogP contribution in [-0.4, -0.2) is 29.2 Å². The van der Waals surface area contributed by atoms with Gasteiger partial charge in [0.05, 0.1) is 30.5 Å². The van der Waals surface area contributed by atoms with E-state index in [4.69, 9.17) is 4.74 Å². The molecule has 1 aromatic carbocycles. The summed E-state index contributed by atoms with van der Waals surface area (Å²) >= 11 is 0. The highest BCUT2D eigenvalue weighted by Crippen LogP contribution is 2.23. The first kappa shape index (κ1) is 12.3. The van der Waals surface area contributed by atoms with Crippen LogP contribution in [0.4, 0.5) is 4.39 Å². The third-order valence-corrected chi connectivity index (χ3v) is 3.23. The molecule has 0 radical (unpaired) electrons. The van der Waals surface area contributed by atoms with Gasteiger partial charge in [0.15, 0.2) is 0 Å². The Labute approximate surface area is 111 Å². The van der Waals surface area contributed by atoms with Gasteiger partial charge in [0.25, 0.3) is 0 Å². The smallest absolute Gasteiger partial charge is 0.125 e. The fourth-order valence-corrected chi connectivity index (χ4v) is 2.37. The molecule has 4 nitrogen and oxygen atoms in total. The van der Waals surface area contributed by atoms with Crippen LogP contribution in [0.25, 0.3) is 5.69 Å². The monoisotopic (exact) mass is 261 g/mol. The molecule has 1 N–H and O–H groups in total. The van der Waals surface area contributed by atoms with Crippen molar-refractivity contribution in [3.63, 3.8) is 0 Å². The first-order valence-corrected chi connectivity index (χ1v) is 6.36. The number of morpholine rings is 1. The lowest BCUT2D eigenvalue weighted by atomic mass is 10.2. The number of hydrogen-bond donors (Lipinski definition) is 1. The molecule has 19 heavy (non-hydrogen) atoms. The average Bonchev–Trinajstić information content (AvgIpc) is 2.88. The summed E-state index contributed by atoms with van der Waals surface area (Å²) in [5, 5.41) is 3.28. The second-order valence-corrected chi connectivity index (χ2v) is 4.74. The maximum atomic E-state index is 13.5. The third-order valence-electron chi connectivity index (χ3n) is 3.23. The zero-order valence-corrected chi connectivity index (χ0v) is 10.8. The van der Waals surface area contributed by atoms with Crippen LogP contribution in [-0.2, 0) is 4.74 Å². The summed E-state index contributed by atoms with van der Waals surface area (Å²) < 4.78 is 21.1. The Balaban J connectivity index is 1.98. The van der Waals surface area contributed by atoms with Crippen molar-refractivity contribution in [1.82, 2.24) is 14.9 Å². The Hall–Kier alpha value is -1.72. The largest absolute Gasteiger partial charge is 0.369 e. The van der Waals surface area contributed by atoms with Crippen LogP contribution < -0.4 is 5.32 Å². The number of rotatable bonds is 2. The van der Waals surface area contributed by atoms with E-state index in [9.17, 15) is 4.39 Å². The van der Waals surface area contributed by atoms with Gasteiger partial charge in [-0.1, -0.05) is 0 Å². The second-order valence-electron chi connectivity index (χ2n) is 4.74. The summed E-state index contributed by atoms with van der Waals surface area (Å²) in [6.07, 6.45) is 3.43. The minimum atomic E-state index is -0.239. The molecule has 1 aliphatic rings. The first-order valence-electron chi connectivity index (χ1n) is 6.36. The Kier molecular flexibility index (Phi) is 3.31. The van der Waals surface area contributed by atoms with Crippen molar-refractivity contribution in [2.24, 2.45) is 0 Å². The van der Waals surface area contributed by atoms with Crippen LogP contribution in [0, 0.1) is 12.7 Å². The number of hydrogen-bond acceptors (Lipinski definition) is 3. The van der Waals surface area contributed by atoms with Gasteiger partial charge in [-0.2, -0.15) is 0 Å². The zero-order chi connectivity index (χ0) is 13.2. The molecule has 2 aromatic rings. The quantitative estimate of drug-likeness (QED) is 0.898. The normalized spacial score (nSPS) is 19.6. The van der Waals surface area contributed by atoms with E-state index >= 15 is 0 Å². The van der Waals surface area contributed by atoms with Crippen molar-refractivity contribution >= 4 is 0 Å². The van der Waals surface area contributed by atoms with Crippen molar-refractivity contribution in [3.05, 3.63) is 47.8 Å². The summed E-state index contributed by atoms with van der Waals surface area (Å²) in [6, 6.07) is 4.96. The lowest BCUT2D eigenvalue weighted by Gasteiger charge is -2.24. The van der Waals surface area contributed by atoms with Gasteiger partial charge >= 0.3 is 0 Å². The number of halogens is 1. The van der Waals surface area contributed by atoms with E-state index in [0.717, 1.165) is 30.0 Å². The summed E-state index contributed by atoms with van der Waals surface area (Å²) in [7, 11) is 0. The van der Waals surface area contributed by atoms with E-state index in [1.165, 1.54) is 12.1 Å². The minimum absolute atomic E-state index is 0.0418. The Morgan fingerprint density at radius 1 is 1.42 bits per heavy atom. The number of nitrogens with one attached hydrogen (secondary N) is 1. The van der Waals surface area contributed by atoms with E-state index in [1.54, 1.807) is 12.5 Å². The molecule has 0 saturated carbocycles. The summed E-state index contributed by atoms with van der Waals surface area (Å²) in [4.78, 5) is 4.17. The Morgan fingerprint density at radius 3 is 3.05 bits per heavy atom. The molecular weight excluding hydrogens is 245 g/mol. The molecule has 0 amide bonds. The zero-order valence-electron chi connectivity index (χ0n) is 10.8. The van der Waals surface area contributed by atoms with Gasteiger partial charge in [0.1, 0.15) is 11.9 Å². The van der Waals surface area contributed by atoms with E-state index in [2.05, 4.69) is 10.3 Å². The number of benzene rings is 1. The Bertz CT molecular complexity index is 556. The molecule has 1 aliphatic heterocycles. The fourth-order valence-electron chi connectivity index (χ4n) is 2.37. The summed E-state index contributed by atoms with van der Waals surface area (Å²) in [5.74, 6) is -0.239. The van der Waals surface area contributed by atoms with Gasteiger partial charge < -0.3 is 14.6 Å². The molecule has 0 aliphatic carbocycles. The van der Waals surface area contributed by atoms with Crippen LogP contribution in [0.2, 0.25) is 0 Å². The highest BCUT2D eigenvalue weighted by molar-refractivity contribution is 5.38. The number of imidazole rings is 1.